The molecule has 0 spiro atoms. The Kier molecular flexibility index (Phi) is 6.87. The van der Waals surface area contributed by atoms with Crippen LogP contribution >= 0.6 is 34.5 Å². The normalized spacial score (nSPS) is 12.0. The summed E-state index contributed by atoms with van der Waals surface area (Å²) in [5.74, 6) is -0.0663. The number of hydrogen-bond donors (Lipinski definition) is 2. The first kappa shape index (κ1) is 19.0. The van der Waals surface area contributed by atoms with Crippen molar-refractivity contribution in [1.29, 1.82) is 0 Å². The van der Waals surface area contributed by atoms with Crippen molar-refractivity contribution in [2.75, 3.05) is 18.4 Å². The van der Waals surface area contributed by atoms with E-state index in [1.807, 2.05) is 44.2 Å². The number of quaternary nitrogens is 1. The van der Waals surface area contributed by atoms with Gasteiger partial charge in [0.15, 0.2) is 6.54 Å². The van der Waals surface area contributed by atoms with Crippen molar-refractivity contribution >= 4 is 46.1 Å². The summed E-state index contributed by atoms with van der Waals surface area (Å²) in [6, 6.07) is 7.73. The molecule has 0 aliphatic carbocycles. The average Bonchev–Trinajstić information content (AvgIpc) is 2.88. The third kappa shape index (κ3) is 5.35. The molecule has 6 heteroatoms. The number of carbonyl (C=O) groups is 1. The molecule has 128 valence electrons. The zero-order chi connectivity index (χ0) is 17.7. The number of amides is 1. The second kappa shape index (κ2) is 8.67. The van der Waals surface area contributed by atoms with E-state index in [1.54, 1.807) is 0 Å². The SMILES string of the molecule is C=CC[NH+](CC(=O)Nc1c(C)cc(C)cc1Cl)Cc1ccc(Cl)s1. The van der Waals surface area contributed by atoms with Crippen LogP contribution in [0.4, 0.5) is 5.69 Å². The minimum absolute atomic E-state index is 0.0663. The Morgan fingerprint density at radius 3 is 2.67 bits per heavy atom. The lowest BCUT2D eigenvalue weighted by molar-refractivity contribution is -0.899. The summed E-state index contributed by atoms with van der Waals surface area (Å²) < 4.78 is 0.759. The molecular weight excluding hydrogens is 363 g/mol. The molecule has 0 saturated carbocycles. The minimum Gasteiger partial charge on any atom is -0.320 e. The number of thiophene rings is 1. The zero-order valence-corrected chi connectivity index (χ0v) is 16.1. The standard InChI is InChI=1S/C18H20Cl2N2OS/c1-4-7-22(10-14-5-6-16(20)24-14)11-17(23)21-18-13(3)8-12(2)9-15(18)19/h4-6,8-9H,1,7,10-11H2,2-3H3,(H,21,23)/p+1. The number of anilines is 1. The maximum absolute atomic E-state index is 12.4. The lowest BCUT2D eigenvalue weighted by Crippen LogP contribution is -3.11. The molecule has 0 aliphatic rings. The van der Waals surface area contributed by atoms with Crippen LogP contribution in [0.5, 0.6) is 0 Å². The van der Waals surface area contributed by atoms with Crippen LogP contribution in [0.25, 0.3) is 0 Å². The summed E-state index contributed by atoms with van der Waals surface area (Å²) in [5, 5.41) is 3.50. The van der Waals surface area contributed by atoms with Gasteiger partial charge in [0.1, 0.15) is 6.54 Å². The summed E-state index contributed by atoms with van der Waals surface area (Å²) >= 11 is 13.8. The Morgan fingerprint density at radius 1 is 1.33 bits per heavy atom. The van der Waals surface area contributed by atoms with Gasteiger partial charge in [-0.15, -0.1) is 11.3 Å². The van der Waals surface area contributed by atoms with Gasteiger partial charge in [-0.1, -0.05) is 35.8 Å². The van der Waals surface area contributed by atoms with Gasteiger partial charge < -0.3 is 10.2 Å². The van der Waals surface area contributed by atoms with Crippen molar-refractivity contribution in [2.24, 2.45) is 0 Å². The highest BCUT2D eigenvalue weighted by Gasteiger charge is 2.17. The van der Waals surface area contributed by atoms with Gasteiger partial charge in [0.25, 0.3) is 5.91 Å². The van der Waals surface area contributed by atoms with E-state index in [4.69, 9.17) is 23.2 Å². The topological polar surface area (TPSA) is 33.5 Å². The molecule has 2 N–H and O–H groups in total. The molecule has 0 bridgehead atoms. The van der Waals surface area contributed by atoms with Gasteiger partial charge >= 0.3 is 0 Å². The fourth-order valence-corrected chi connectivity index (χ4v) is 4.12. The van der Waals surface area contributed by atoms with Crippen LogP contribution in [-0.2, 0) is 11.3 Å². The van der Waals surface area contributed by atoms with E-state index in [2.05, 4.69) is 11.9 Å². The highest BCUT2D eigenvalue weighted by atomic mass is 35.5. The smallest absolute Gasteiger partial charge is 0.279 e. The molecule has 2 aromatic rings. The van der Waals surface area contributed by atoms with E-state index in [9.17, 15) is 4.79 Å². The van der Waals surface area contributed by atoms with Crippen molar-refractivity contribution in [3.8, 4) is 0 Å². The van der Waals surface area contributed by atoms with E-state index < -0.39 is 0 Å². The third-order valence-electron chi connectivity index (χ3n) is 3.59. The van der Waals surface area contributed by atoms with E-state index in [0.717, 1.165) is 31.8 Å². The molecule has 1 amide bonds. The van der Waals surface area contributed by atoms with Crippen LogP contribution in [0.3, 0.4) is 0 Å². The minimum atomic E-state index is -0.0663. The van der Waals surface area contributed by atoms with Gasteiger partial charge in [0, 0.05) is 0 Å². The average molecular weight is 384 g/mol. The Bertz CT molecular complexity index is 719. The van der Waals surface area contributed by atoms with E-state index in [-0.39, 0.29) is 5.91 Å². The Balaban J connectivity index is 2.04. The Morgan fingerprint density at radius 2 is 2.08 bits per heavy atom. The van der Waals surface area contributed by atoms with E-state index in [1.165, 1.54) is 11.3 Å². The van der Waals surface area contributed by atoms with Crippen molar-refractivity contribution < 1.29 is 9.69 Å². The molecule has 1 unspecified atom stereocenters. The summed E-state index contributed by atoms with van der Waals surface area (Å²) in [5.41, 5.74) is 2.72. The molecule has 1 aromatic heterocycles. The molecular formula is C18H21Cl2N2OS+. The maximum Gasteiger partial charge on any atom is 0.279 e. The fourth-order valence-electron chi connectivity index (χ4n) is 2.59. The quantitative estimate of drug-likeness (QED) is 0.698. The number of hydrogen-bond acceptors (Lipinski definition) is 2. The predicted molar refractivity (Wildman–Crippen MR) is 103 cm³/mol. The Labute approximate surface area is 156 Å². The fraction of sp³-hybridized carbons (Fsp3) is 0.278. The monoisotopic (exact) mass is 383 g/mol. The molecule has 0 aliphatic heterocycles. The van der Waals surface area contributed by atoms with Crippen LogP contribution in [0, 0.1) is 13.8 Å². The van der Waals surface area contributed by atoms with Gasteiger partial charge in [-0.2, -0.15) is 0 Å². The molecule has 1 heterocycles. The van der Waals surface area contributed by atoms with Crippen LogP contribution in [0.15, 0.2) is 36.9 Å². The summed E-state index contributed by atoms with van der Waals surface area (Å²) in [4.78, 5) is 14.7. The van der Waals surface area contributed by atoms with Crippen LogP contribution < -0.4 is 10.2 Å². The maximum atomic E-state index is 12.4. The van der Waals surface area contributed by atoms with Crippen LogP contribution in [-0.4, -0.2) is 19.0 Å². The molecule has 0 fully saturated rings. The highest BCUT2D eigenvalue weighted by molar-refractivity contribution is 7.16. The number of halogens is 2. The molecule has 2 rings (SSSR count). The van der Waals surface area contributed by atoms with Gasteiger partial charge in [-0.05, 0) is 49.2 Å². The van der Waals surface area contributed by atoms with Crippen molar-refractivity contribution in [1.82, 2.24) is 0 Å². The second-order valence-corrected chi connectivity index (χ2v) is 8.00. The van der Waals surface area contributed by atoms with Gasteiger partial charge in [-0.25, -0.2) is 0 Å². The number of benzene rings is 1. The van der Waals surface area contributed by atoms with E-state index in [0.29, 0.717) is 23.8 Å². The number of rotatable bonds is 7. The molecule has 24 heavy (non-hydrogen) atoms. The first-order valence-electron chi connectivity index (χ1n) is 7.64. The van der Waals surface area contributed by atoms with Crippen molar-refractivity contribution in [3.63, 3.8) is 0 Å². The van der Waals surface area contributed by atoms with Crippen LogP contribution in [0.1, 0.15) is 16.0 Å². The largest absolute Gasteiger partial charge is 0.320 e. The van der Waals surface area contributed by atoms with Crippen molar-refractivity contribution in [2.45, 2.75) is 20.4 Å². The molecule has 1 atom stereocenters. The van der Waals surface area contributed by atoms with Crippen LogP contribution in [0.2, 0.25) is 9.36 Å². The molecule has 3 nitrogen and oxygen atoms in total. The summed E-state index contributed by atoms with van der Waals surface area (Å²) in [6.45, 7) is 9.47. The molecule has 0 saturated heterocycles. The second-order valence-electron chi connectivity index (χ2n) is 5.79. The summed E-state index contributed by atoms with van der Waals surface area (Å²) in [6.07, 6.45) is 1.82. The number of nitrogens with one attached hydrogen (secondary N) is 2. The Hall–Kier alpha value is -1.33. The van der Waals surface area contributed by atoms with Gasteiger partial charge in [0.2, 0.25) is 0 Å². The lowest BCUT2D eigenvalue weighted by atomic mass is 10.1. The predicted octanol–water partition coefficient (Wildman–Crippen LogP) is 3.88. The van der Waals surface area contributed by atoms with E-state index >= 15 is 0 Å². The zero-order valence-electron chi connectivity index (χ0n) is 13.8. The lowest BCUT2D eigenvalue weighted by Gasteiger charge is -2.18. The number of carbonyl (C=O) groups excluding carboxylic acids is 1. The van der Waals surface area contributed by atoms with Gasteiger partial charge in [-0.3, -0.25) is 4.79 Å². The van der Waals surface area contributed by atoms with Gasteiger partial charge in [0.05, 0.1) is 26.5 Å². The van der Waals surface area contributed by atoms with Crippen molar-refractivity contribution in [3.05, 3.63) is 62.3 Å². The highest BCUT2D eigenvalue weighted by Crippen LogP contribution is 2.27. The molecule has 0 radical (unpaired) electrons. The first-order valence-corrected chi connectivity index (χ1v) is 9.21. The number of aryl methyl sites for hydroxylation is 2. The third-order valence-corrected chi connectivity index (χ3v) is 5.12. The molecule has 1 aromatic carbocycles. The first-order chi connectivity index (χ1) is 11.4. The summed E-state index contributed by atoms with van der Waals surface area (Å²) in [7, 11) is 0.